The standard InChI is InChI=1S/C24H41N5O2/c1-15-3-6-18(27-23(30)22-26-9-10-29(22)14-16-4-5-16)12-19(15)20-11-17-13-25-8-7-21(17)28(2)24(20)31/h15-22,25-26H,3-14H2,1-2H3,(H,27,30). The zero-order valence-electron chi connectivity index (χ0n) is 19.3. The smallest absolute Gasteiger partial charge is 0.252 e. The first-order chi connectivity index (χ1) is 15.0. The molecule has 2 aliphatic carbocycles. The molecule has 2 saturated carbocycles. The van der Waals surface area contributed by atoms with Crippen LogP contribution < -0.4 is 16.0 Å². The van der Waals surface area contributed by atoms with Crippen LogP contribution in [-0.4, -0.2) is 79.6 Å². The van der Waals surface area contributed by atoms with Crippen molar-refractivity contribution in [3.05, 3.63) is 0 Å². The monoisotopic (exact) mass is 431 g/mol. The molecule has 7 unspecified atom stereocenters. The number of piperidine rings is 2. The quantitative estimate of drug-likeness (QED) is 0.606. The summed E-state index contributed by atoms with van der Waals surface area (Å²) in [7, 11) is 2.02. The lowest BCUT2D eigenvalue weighted by Crippen LogP contribution is -2.59. The highest BCUT2D eigenvalue weighted by molar-refractivity contribution is 5.82. The number of likely N-dealkylation sites (tertiary alicyclic amines) is 1. The van der Waals surface area contributed by atoms with Gasteiger partial charge in [0.05, 0.1) is 0 Å². The molecule has 7 heteroatoms. The van der Waals surface area contributed by atoms with Gasteiger partial charge in [0.15, 0.2) is 0 Å². The Morgan fingerprint density at radius 2 is 1.97 bits per heavy atom. The first-order valence-electron chi connectivity index (χ1n) is 12.8. The SMILES string of the molecule is CC1CCC(NC(=O)C2NCCN2CC2CC2)CC1C1CC2CNCCC2N(C)C1=O. The number of rotatable bonds is 5. The molecular weight excluding hydrogens is 390 g/mol. The normalized spacial score (nSPS) is 41.8. The zero-order chi connectivity index (χ0) is 21.5. The fourth-order valence-corrected chi connectivity index (χ4v) is 6.89. The van der Waals surface area contributed by atoms with Crippen LogP contribution in [0.25, 0.3) is 0 Å². The lowest BCUT2D eigenvalue weighted by Gasteiger charge is -2.49. The van der Waals surface area contributed by atoms with Crippen LogP contribution in [0.5, 0.6) is 0 Å². The highest BCUT2D eigenvalue weighted by Crippen LogP contribution is 2.42. The van der Waals surface area contributed by atoms with Crippen molar-refractivity contribution < 1.29 is 9.59 Å². The molecule has 0 aromatic rings. The van der Waals surface area contributed by atoms with E-state index in [-0.39, 0.29) is 24.0 Å². The van der Waals surface area contributed by atoms with Gasteiger partial charge in [-0.05, 0) is 81.7 Å². The maximum atomic E-state index is 13.3. The van der Waals surface area contributed by atoms with Gasteiger partial charge in [0.1, 0.15) is 6.17 Å². The van der Waals surface area contributed by atoms with Crippen molar-refractivity contribution in [3.8, 4) is 0 Å². The van der Waals surface area contributed by atoms with Crippen LogP contribution in [0.1, 0.15) is 51.9 Å². The summed E-state index contributed by atoms with van der Waals surface area (Å²) < 4.78 is 0. The molecule has 31 heavy (non-hydrogen) atoms. The van der Waals surface area contributed by atoms with Crippen LogP contribution in [0.4, 0.5) is 0 Å². The van der Waals surface area contributed by atoms with Crippen LogP contribution in [0, 0.1) is 29.6 Å². The van der Waals surface area contributed by atoms with Crippen molar-refractivity contribution >= 4 is 11.8 Å². The fourth-order valence-electron chi connectivity index (χ4n) is 6.89. The number of carbonyl (C=O) groups excluding carboxylic acids is 2. The van der Waals surface area contributed by atoms with E-state index in [0.29, 0.717) is 29.7 Å². The molecule has 2 amide bonds. The summed E-state index contributed by atoms with van der Waals surface area (Å²) in [4.78, 5) is 30.8. The van der Waals surface area contributed by atoms with Crippen molar-refractivity contribution in [3.63, 3.8) is 0 Å². The molecule has 0 bridgehead atoms. The van der Waals surface area contributed by atoms with Crippen molar-refractivity contribution in [2.45, 2.75) is 70.1 Å². The molecule has 174 valence electrons. The number of hydrogen-bond acceptors (Lipinski definition) is 5. The molecule has 0 radical (unpaired) electrons. The van der Waals surface area contributed by atoms with Crippen LogP contribution in [0.3, 0.4) is 0 Å². The molecular formula is C24H41N5O2. The predicted octanol–water partition coefficient (Wildman–Crippen LogP) is 1.01. The van der Waals surface area contributed by atoms with Crippen molar-refractivity contribution in [2.24, 2.45) is 29.6 Å². The molecule has 7 nitrogen and oxygen atoms in total. The molecule has 5 aliphatic rings. The van der Waals surface area contributed by atoms with Gasteiger partial charge in [0.2, 0.25) is 5.91 Å². The Hall–Kier alpha value is -1.18. The molecule has 0 aromatic carbocycles. The van der Waals surface area contributed by atoms with E-state index in [9.17, 15) is 9.59 Å². The van der Waals surface area contributed by atoms with Gasteiger partial charge < -0.3 is 15.5 Å². The average molecular weight is 432 g/mol. The highest BCUT2D eigenvalue weighted by Gasteiger charge is 2.46. The number of fused-ring (bicyclic) bond motifs is 1. The van der Waals surface area contributed by atoms with E-state index < -0.39 is 0 Å². The van der Waals surface area contributed by atoms with E-state index in [1.807, 2.05) is 7.05 Å². The number of hydrogen-bond donors (Lipinski definition) is 3. The molecule has 3 N–H and O–H groups in total. The summed E-state index contributed by atoms with van der Waals surface area (Å²) in [6, 6.07) is 0.601. The van der Waals surface area contributed by atoms with Gasteiger partial charge in [-0.1, -0.05) is 6.92 Å². The first-order valence-corrected chi connectivity index (χ1v) is 12.8. The van der Waals surface area contributed by atoms with Gasteiger partial charge in [-0.25, -0.2) is 0 Å². The van der Waals surface area contributed by atoms with Gasteiger partial charge in [-0.15, -0.1) is 0 Å². The van der Waals surface area contributed by atoms with Gasteiger partial charge in [0.25, 0.3) is 5.91 Å². The average Bonchev–Trinajstić information content (AvgIpc) is 3.46. The van der Waals surface area contributed by atoms with Crippen LogP contribution >= 0.6 is 0 Å². The molecule has 0 aromatic heterocycles. The van der Waals surface area contributed by atoms with Crippen LogP contribution in [-0.2, 0) is 9.59 Å². The van der Waals surface area contributed by atoms with E-state index in [2.05, 4.69) is 32.7 Å². The fraction of sp³-hybridized carbons (Fsp3) is 0.917. The maximum Gasteiger partial charge on any atom is 0.252 e. The van der Waals surface area contributed by atoms with Crippen molar-refractivity contribution in [1.82, 2.24) is 25.8 Å². The molecule has 3 saturated heterocycles. The summed E-state index contributed by atoms with van der Waals surface area (Å²) in [5, 5.41) is 10.3. The zero-order valence-corrected chi connectivity index (χ0v) is 19.3. The van der Waals surface area contributed by atoms with E-state index in [1.165, 1.54) is 12.8 Å². The van der Waals surface area contributed by atoms with Crippen LogP contribution in [0.15, 0.2) is 0 Å². The van der Waals surface area contributed by atoms with Gasteiger partial charge in [-0.2, -0.15) is 0 Å². The summed E-state index contributed by atoms with van der Waals surface area (Å²) in [6.45, 7) is 7.29. The summed E-state index contributed by atoms with van der Waals surface area (Å²) in [6.07, 6.45) is 7.61. The third-order valence-corrected chi connectivity index (χ3v) is 8.95. The molecule has 7 atom stereocenters. The summed E-state index contributed by atoms with van der Waals surface area (Å²) in [5.41, 5.74) is 0. The Balaban J connectivity index is 1.21. The topological polar surface area (TPSA) is 76.7 Å². The second kappa shape index (κ2) is 8.99. The largest absolute Gasteiger partial charge is 0.351 e. The highest BCUT2D eigenvalue weighted by atomic mass is 16.2. The minimum atomic E-state index is -0.171. The number of nitrogens with one attached hydrogen (secondary N) is 3. The van der Waals surface area contributed by atoms with Crippen LogP contribution in [0.2, 0.25) is 0 Å². The lowest BCUT2D eigenvalue weighted by molar-refractivity contribution is -0.148. The Morgan fingerprint density at radius 1 is 1.13 bits per heavy atom. The number of amides is 2. The number of carbonyl (C=O) groups is 2. The van der Waals surface area contributed by atoms with E-state index in [0.717, 1.165) is 70.7 Å². The molecule has 3 heterocycles. The van der Waals surface area contributed by atoms with Gasteiger partial charge in [-0.3, -0.25) is 19.8 Å². The minimum Gasteiger partial charge on any atom is -0.351 e. The third-order valence-electron chi connectivity index (χ3n) is 8.95. The second-order valence-corrected chi connectivity index (χ2v) is 11.1. The minimum absolute atomic E-state index is 0.108. The first kappa shape index (κ1) is 21.7. The molecule has 0 spiro atoms. The lowest BCUT2D eigenvalue weighted by atomic mass is 9.66. The van der Waals surface area contributed by atoms with Gasteiger partial charge in [0, 0.05) is 44.7 Å². The molecule has 3 aliphatic heterocycles. The predicted molar refractivity (Wildman–Crippen MR) is 120 cm³/mol. The summed E-state index contributed by atoms with van der Waals surface area (Å²) >= 11 is 0. The van der Waals surface area contributed by atoms with Crippen molar-refractivity contribution in [1.29, 1.82) is 0 Å². The van der Waals surface area contributed by atoms with E-state index in [1.54, 1.807) is 0 Å². The second-order valence-electron chi connectivity index (χ2n) is 11.1. The maximum absolute atomic E-state index is 13.3. The summed E-state index contributed by atoms with van der Waals surface area (Å²) in [5.74, 6) is 2.87. The third kappa shape index (κ3) is 4.51. The van der Waals surface area contributed by atoms with E-state index >= 15 is 0 Å². The number of nitrogens with zero attached hydrogens (tertiary/aromatic N) is 2. The Kier molecular flexibility index (Phi) is 6.28. The molecule has 5 rings (SSSR count). The Labute approximate surface area is 187 Å². The van der Waals surface area contributed by atoms with Gasteiger partial charge >= 0.3 is 0 Å². The molecule has 5 fully saturated rings. The van der Waals surface area contributed by atoms with E-state index in [4.69, 9.17) is 0 Å². The Morgan fingerprint density at radius 3 is 2.77 bits per heavy atom. The van der Waals surface area contributed by atoms with Crippen molar-refractivity contribution in [2.75, 3.05) is 39.8 Å². The Bertz CT molecular complexity index is 683.